The highest BCUT2D eigenvalue weighted by molar-refractivity contribution is 6.00. The lowest BCUT2D eigenvalue weighted by atomic mass is 10.1. The standard InChI is InChI=1S/C23H19F2N3O/c1-15-20-11-19(25)7-8-21(20)27-22(15)23(29)28(14-17-5-3-9-26-12-17)13-16-4-2-6-18(24)10-16/h2-12,27H,13-14H2,1H3. The van der Waals surface area contributed by atoms with Crippen molar-refractivity contribution < 1.29 is 13.6 Å². The maximum absolute atomic E-state index is 13.7. The topological polar surface area (TPSA) is 49.0 Å². The number of amides is 1. The van der Waals surface area contributed by atoms with E-state index in [4.69, 9.17) is 0 Å². The molecule has 2 aromatic heterocycles. The first-order chi connectivity index (χ1) is 14.0. The number of aryl methyl sites for hydroxylation is 1. The van der Waals surface area contributed by atoms with E-state index in [9.17, 15) is 13.6 Å². The smallest absolute Gasteiger partial charge is 0.271 e. The fourth-order valence-electron chi connectivity index (χ4n) is 3.44. The zero-order chi connectivity index (χ0) is 20.4. The maximum atomic E-state index is 13.7. The summed E-state index contributed by atoms with van der Waals surface area (Å²) in [6, 6.07) is 14.2. The number of carbonyl (C=O) groups excluding carboxylic acids is 1. The molecule has 0 aliphatic heterocycles. The number of nitrogens with zero attached hydrogens (tertiary/aromatic N) is 2. The lowest BCUT2D eigenvalue weighted by molar-refractivity contribution is 0.0724. The first-order valence-corrected chi connectivity index (χ1v) is 9.22. The van der Waals surface area contributed by atoms with Gasteiger partial charge in [0.2, 0.25) is 0 Å². The van der Waals surface area contributed by atoms with E-state index in [0.717, 1.165) is 5.56 Å². The number of hydrogen-bond acceptors (Lipinski definition) is 2. The van der Waals surface area contributed by atoms with Crippen LogP contribution in [0.5, 0.6) is 0 Å². The van der Waals surface area contributed by atoms with Crippen molar-refractivity contribution in [2.75, 3.05) is 0 Å². The Morgan fingerprint density at radius 1 is 1.00 bits per heavy atom. The maximum Gasteiger partial charge on any atom is 0.271 e. The first kappa shape index (κ1) is 18.8. The summed E-state index contributed by atoms with van der Waals surface area (Å²) in [5.41, 5.74) is 3.31. The minimum Gasteiger partial charge on any atom is -0.350 e. The molecule has 4 rings (SSSR count). The van der Waals surface area contributed by atoms with Crippen LogP contribution in [0.3, 0.4) is 0 Å². The number of aromatic nitrogens is 2. The van der Waals surface area contributed by atoms with Crippen molar-refractivity contribution in [1.82, 2.24) is 14.9 Å². The molecule has 0 radical (unpaired) electrons. The molecule has 0 saturated heterocycles. The summed E-state index contributed by atoms with van der Waals surface area (Å²) in [4.78, 5) is 22.2. The van der Waals surface area contributed by atoms with Gasteiger partial charge in [0.1, 0.15) is 17.3 Å². The zero-order valence-corrected chi connectivity index (χ0v) is 15.8. The van der Waals surface area contributed by atoms with Crippen LogP contribution in [0.15, 0.2) is 67.0 Å². The van der Waals surface area contributed by atoms with Gasteiger partial charge in [0.25, 0.3) is 5.91 Å². The highest BCUT2D eigenvalue weighted by Crippen LogP contribution is 2.25. The zero-order valence-electron chi connectivity index (χ0n) is 15.8. The van der Waals surface area contributed by atoms with Crippen LogP contribution in [0.4, 0.5) is 8.78 Å². The summed E-state index contributed by atoms with van der Waals surface area (Å²) in [5, 5.41) is 0.667. The summed E-state index contributed by atoms with van der Waals surface area (Å²) >= 11 is 0. The van der Waals surface area contributed by atoms with Crippen LogP contribution in [0.25, 0.3) is 10.9 Å². The van der Waals surface area contributed by atoms with Crippen LogP contribution >= 0.6 is 0 Å². The summed E-state index contributed by atoms with van der Waals surface area (Å²) in [5.74, 6) is -0.952. The molecule has 0 aliphatic rings. The molecule has 0 unspecified atom stereocenters. The second-order valence-electron chi connectivity index (χ2n) is 6.97. The largest absolute Gasteiger partial charge is 0.350 e. The SMILES string of the molecule is Cc1c(C(=O)N(Cc2cccnc2)Cc2cccc(F)c2)[nH]c2ccc(F)cc12. The van der Waals surface area contributed by atoms with E-state index in [2.05, 4.69) is 9.97 Å². The number of nitrogens with one attached hydrogen (secondary N) is 1. The third-order valence-corrected chi connectivity index (χ3v) is 4.88. The van der Waals surface area contributed by atoms with Gasteiger partial charge in [-0.25, -0.2) is 8.78 Å². The molecule has 0 aliphatic carbocycles. The molecule has 1 amide bonds. The molecule has 0 bridgehead atoms. The van der Waals surface area contributed by atoms with E-state index >= 15 is 0 Å². The van der Waals surface area contributed by atoms with E-state index < -0.39 is 0 Å². The van der Waals surface area contributed by atoms with Gasteiger partial charge in [-0.15, -0.1) is 0 Å². The molecule has 0 fully saturated rings. The number of rotatable bonds is 5. The number of H-pyrrole nitrogens is 1. The number of benzene rings is 2. The van der Waals surface area contributed by atoms with Gasteiger partial charge in [-0.2, -0.15) is 0 Å². The molecule has 146 valence electrons. The minimum absolute atomic E-state index is 0.231. The van der Waals surface area contributed by atoms with Gasteiger partial charge in [0, 0.05) is 36.4 Å². The number of carbonyl (C=O) groups is 1. The Balaban J connectivity index is 1.71. The monoisotopic (exact) mass is 391 g/mol. The molecule has 0 spiro atoms. The first-order valence-electron chi connectivity index (χ1n) is 9.22. The fourth-order valence-corrected chi connectivity index (χ4v) is 3.44. The molecular weight excluding hydrogens is 372 g/mol. The van der Waals surface area contributed by atoms with E-state index in [-0.39, 0.29) is 24.1 Å². The van der Waals surface area contributed by atoms with Crippen molar-refractivity contribution in [3.63, 3.8) is 0 Å². The van der Waals surface area contributed by atoms with E-state index in [1.165, 1.54) is 24.3 Å². The normalized spacial score (nSPS) is 11.0. The lowest BCUT2D eigenvalue weighted by Gasteiger charge is -2.23. The predicted octanol–water partition coefficient (Wildman–Crippen LogP) is 4.99. The van der Waals surface area contributed by atoms with Gasteiger partial charge < -0.3 is 9.88 Å². The molecular formula is C23H19F2N3O. The Kier molecular flexibility index (Phi) is 5.08. The molecule has 4 nitrogen and oxygen atoms in total. The van der Waals surface area contributed by atoms with Crippen LogP contribution in [0.2, 0.25) is 0 Å². The third-order valence-electron chi connectivity index (χ3n) is 4.88. The van der Waals surface area contributed by atoms with Gasteiger partial charge >= 0.3 is 0 Å². The number of aromatic amines is 1. The second kappa shape index (κ2) is 7.83. The van der Waals surface area contributed by atoms with Crippen molar-refractivity contribution in [3.8, 4) is 0 Å². The Hall–Kier alpha value is -3.54. The van der Waals surface area contributed by atoms with Crippen molar-refractivity contribution in [3.05, 3.63) is 101 Å². The molecule has 0 atom stereocenters. The minimum atomic E-state index is -0.356. The molecule has 2 aromatic carbocycles. The molecule has 6 heteroatoms. The van der Waals surface area contributed by atoms with Crippen LogP contribution in [-0.2, 0) is 13.1 Å². The van der Waals surface area contributed by atoms with Crippen molar-refractivity contribution in [1.29, 1.82) is 0 Å². The molecule has 29 heavy (non-hydrogen) atoms. The number of fused-ring (bicyclic) bond motifs is 1. The van der Waals surface area contributed by atoms with Gasteiger partial charge in [0.15, 0.2) is 0 Å². The highest BCUT2D eigenvalue weighted by Gasteiger charge is 2.22. The van der Waals surface area contributed by atoms with Crippen LogP contribution in [0, 0.1) is 18.6 Å². The Labute approximate surface area is 166 Å². The molecule has 0 saturated carbocycles. The lowest BCUT2D eigenvalue weighted by Crippen LogP contribution is -2.31. The van der Waals surface area contributed by atoms with Gasteiger partial charge in [0.05, 0.1) is 0 Å². The quantitative estimate of drug-likeness (QED) is 0.521. The average molecular weight is 391 g/mol. The van der Waals surface area contributed by atoms with E-state index in [1.807, 2.05) is 6.07 Å². The summed E-state index contributed by atoms with van der Waals surface area (Å²) in [6.07, 6.45) is 3.36. The average Bonchev–Trinajstić information content (AvgIpc) is 3.04. The number of pyridine rings is 1. The van der Waals surface area contributed by atoms with Crippen molar-refractivity contribution in [2.24, 2.45) is 0 Å². The van der Waals surface area contributed by atoms with Gasteiger partial charge in [-0.05, 0) is 60.0 Å². The van der Waals surface area contributed by atoms with Gasteiger partial charge in [-0.3, -0.25) is 9.78 Å². The Morgan fingerprint density at radius 2 is 1.76 bits per heavy atom. The fraction of sp³-hybridized carbons (Fsp3) is 0.130. The third kappa shape index (κ3) is 4.01. The van der Waals surface area contributed by atoms with E-state index in [0.29, 0.717) is 34.3 Å². The van der Waals surface area contributed by atoms with Crippen LogP contribution in [-0.4, -0.2) is 20.8 Å². The molecule has 2 heterocycles. The van der Waals surface area contributed by atoms with Gasteiger partial charge in [-0.1, -0.05) is 18.2 Å². The summed E-state index contributed by atoms with van der Waals surface area (Å²) in [7, 11) is 0. The Morgan fingerprint density at radius 3 is 2.52 bits per heavy atom. The van der Waals surface area contributed by atoms with Crippen molar-refractivity contribution in [2.45, 2.75) is 20.0 Å². The Bertz CT molecular complexity index is 1170. The predicted molar refractivity (Wildman–Crippen MR) is 107 cm³/mol. The van der Waals surface area contributed by atoms with E-state index in [1.54, 1.807) is 48.5 Å². The van der Waals surface area contributed by atoms with Crippen LogP contribution < -0.4 is 0 Å². The number of halogens is 2. The second-order valence-corrected chi connectivity index (χ2v) is 6.97. The summed E-state index contributed by atoms with van der Waals surface area (Å²) in [6.45, 7) is 2.33. The van der Waals surface area contributed by atoms with Crippen molar-refractivity contribution >= 4 is 16.8 Å². The molecule has 1 N–H and O–H groups in total. The number of hydrogen-bond donors (Lipinski definition) is 1. The molecule has 4 aromatic rings. The van der Waals surface area contributed by atoms with Crippen LogP contribution in [0.1, 0.15) is 27.2 Å². The summed E-state index contributed by atoms with van der Waals surface area (Å²) < 4.78 is 27.3. The highest BCUT2D eigenvalue weighted by atomic mass is 19.1.